The third kappa shape index (κ3) is 3.72. The van der Waals surface area contributed by atoms with Crippen LogP contribution in [-0.2, 0) is 9.59 Å². The fraction of sp³-hybridized carbons (Fsp3) is 0.125. The lowest BCUT2D eigenvalue weighted by Crippen LogP contribution is -2.29. The molecule has 2 heterocycles. The molecule has 0 saturated carbocycles. The van der Waals surface area contributed by atoms with Gasteiger partial charge in [0.05, 0.1) is 18.7 Å². The molecule has 7 heteroatoms. The number of aliphatic hydroxyl groups is 1. The minimum absolute atomic E-state index is 0.0285. The summed E-state index contributed by atoms with van der Waals surface area (Å²) in [6.07, 6.45) is 3.18. The first kappa shape index (κ1) is 20.8. The highest BCUT2D eigenvalue weighted by molar-refractivity contribution is 9.10. The average molecular weight is 479 g/mol. The first-order chi connectivity index (χ1) is 14.9. The van der Waals surface area contributed by atoms with Crippen molar-refractivity contribution in [1.82, 2.24) is 4.98 Å². The molecule has 156 valence electrons. The number of carbonyl (C=O) groups excluding carboxylic acids is 2. The van der Waals surface area contributed by atoms with Gasteiger partial charge in [-0.1, -0.05) is 28.1 Å². The molecule has 31 heavy (non-hydrogen) atoms. The molecule has 4 rings (SSSR count). The van der Waals surface area contributed by atoms with Crippen molar-refractivity contribution in [2.45, 2.75) is 13.0 Å². The standard InChI is InChI=1S/C24H19BrN2O4/c1-14-12-16(6-7-19(14)25)22(28)20-21(15-8-10-26-11-9-15)27(24(30)23(20)29)17-4-3-5-18(13-17)31-2/h3-13,21,28H,1-2H3/b22-20+. The minimum atomic E-state index is -0.806. The van der Waals surface area contributed by atoms with Crippen LogP contribution < -0.4 is 9.64 Å². The number of methoxy groups -OCH3 is 1. The van der Waals surface area contributed by atoms with Crippen LogP contribution in [-0.4, -0.2) is 28.9 Å². The Balaban J connectivity index is 1.94. The lowest BCUT2D eigenvalue weighted by Gasteiger charge is -2.25. The number of rotatable bonds is 4. The average Bonchev–Trinajstić information content (AvgIpc) is 3.06. The number of pyridine rings is 1. The first-order valence-electron chi connectivity index (χ1n) is 9.54. The molecule has 1 N–H and O–H groups in total. The van der Waals surface area contributed by atoms with Crippen molar-refractivity contribution >= 4 is 39.1 Å². The van der Waals surface area contributed by atoms with Gasteiger partial charge in [-0.3, -0.25) is 19.5 Å². The van der Waals surface area contributed by atoms with Crippen LogP contribution in [0, 0.1) is 6.92 Å². The van der Waals surface area contributed by atoms with E-state index in [9.17, 15) is 14.7 Å². The fourth-order valence-electron chi connectivity index (χ4n) is 3.67. The molecule has 6 nitrogen and oxygen atoms in total. The van der Waals surface area contributed by atoms with Crippen LogP contribution in [0.15, 0.2) is 77.0 Å². The molecular weight excluding hydrogens is 460 g/mol. The van der Waals surface area contributed by atoms with Crippen LogP contribution in [0.5, 0.6) is 5.75 Å². The van der Waals surface area contributed by atoms with Crippen molar-refractivity contribution in [3.63, 3.8) is 0 Å². The number of amides is 1. The number of carbonyl (C=O) groups is 2. The fourth-order valence-corrected chi connectivity index (χ4v) is 3.91. The Hall–Kier alpha value is -3.45. The van der Waals surface area contributed by atoms with E-state index in [-0.39, 0.29) is 11.3 Å². The van der Waals surface area contributed by atoms with Crippen molar-refractivity contribution in [2.24, 2.45) is 0 Å². The van der Waals surface area contributed by atoms with Gasteiger partial charge in [0.1, 0.15) is 11.5 Å². The number of halogens is 1. The normalized spacial score (nSPS) is 17.8. The van der Waals surface area contributed by atoms with Crippen molar-refractivity contribution in [2.75, 3.05) is 12.0 Å². The lowest BCUT2D eigenvalue weighted by molar-refractivity contribution is -0.132. The van der Waals surface area contributed by atoms with Gasteiger partial charge in [-0.15, -0.1) is 0 Å². The molecule has 2 aromatic carbocycles. The summed E-state index contributed by atoms with van der Waals surface area (Å²) in [5.74, 6) is -1.13. The number of ether oxygens (including phenoxy) is 1. The molecule has 1 fully saturated rings. The number of nitrogens with zero attached hydrogens (tertiary/aromatic N) is 2. The second kappa shape index (κ2) is 8.35. The summed E-state index contributed by atoms with van der Waals surface area (Å²) < 4.78 is 6.17. The maximum Gasteiger partial charge on any atom is 0.300 e. The van der Waals surface area contributed by atoms with Crippen LogP contribution in [0.2, 0.25) is 0 Å². The van der Waals surface area contributed by atoms with Gasteiger partial charge in [-0.2, -0.15) is 0 Å². The quantitative estimate of drug-likeness (QED) is 0.331. The van der Waals surface area contributed by atoms with E-state index in [1.165, 1.54) is 12.0 Å². The molecule has 1 amide bonds. The monoisotopic (exact) mass is 478 g/mol. The summed E-state index contributed by atoms with van der Waals surface area (Å²) in [5.41, 5.74) is 2.54. The van der Waals surface area contributed by atoms with E-state index in [0.29, 0.717) is 22.6 Å². The summed E-state index contributed by atoms with van der Waals surface area (Å²) in [7, 11) is 1.53. The summed E-state index contributed by atoms with van der Waals surface area (Å²) in [5, 5.41) is 11.1. The SMILES string of the molecule is COc1cccc(N2C(=O)C(=O)/C(=C(/O)c3ccc(Br)c(C)c3)C2c2ccncc2)c1. The zero-order valence-corrected chi connectivity index (χ0v) is 18.5. The number of hydrogen-bond donors (Lipinski definition) is 1. The molecule has 0 bridgehead atoms. The maximum absolute atomic E-state index is 13.1. The van der Waals surface area contributed by atoms with Gasteiger partial charge in [0.2, 0.25) is 0 Å². The number of hydrogen-bond acceptors (Lipinski definition) is 5. The number of aromatic nitrogens is 1. The zero-order valence-electron chi connectivity index (χ0n) is 16.9. The van der Waals surface area contributed by atoms with Crippen LogP contribution in [0.3, 0.4) is 0 Å². The minimum Gasteiger partial charge on any atom is -0.507 e. The Morgan fingerprint density at radius 1 is 1.10 bits per heavy atom. The predicted molar refractivity (Wildman–Crippen MR) is 121 cm³/mol. The second-order valence-corrected chi connectivity index (χ2v) is 7.97. The number of aliphatic hydroxyl groups excluding tert-OH is 1. The van der Waals surface area contributed by atoms with Gasteiger partial charge in [0.15, 0.2) is 0 Å². The second-order valence-electron chi connectivity index (χ2n) is 7.12. The van der Waals surface area contributed by atoms with E-state index >= 15 is 0 Å². The molecule has 1 aromatic heterocycles. The Morgan fingerprint density at radius 2 is 1.84 bits per heavy atom. The molecule has 0 radical (unpaired) electrons. The van der Waals surface area contributed by atoms with Crippen LogP contribution in [0.1, 0.15) is 22.7 Å². The first-order valence-corrected chi connectivity index (χ1v) is 10.3. The maximum atomic E-state index is 13.1. The molecule has 1 aliphatic rings. The van der Waals surface area contributed by atoms with E-state index in [2.05, 4.69) is 20.9 Å². The number of Topliss-reactive ketones (excluding diaryl/α,β-unsaturated/α-hetero) is 1. The molecule has 3 aromatic rings. The molecular formula is C24H19BrN2O4. The Morgan fingerprint density at radius 3 is 2.52 bits per heavy atom. The largest absolute Gasteiger partial charge is 0.507 e. The van der Waals surface area contributed by atoms with E-state index < -0.39 is 17.7 Å². The highest BCUT2D eigenvalue weighted by atomic mass is 79.9. The molecule has 1 atom stereocenters. The summed E-state index contributed by atoms with van der Waals surface area (Å²) in [6, 6.07) is 14.8. The van der Waals surface area contributed by atoms with Crippen molar-refractivity contribution in [3.8, 4) is 5.75 Å². The smallest absolute Gasteiger partial charge is 0.300 e. The summed E-state index contributed by atoms with van der Waals surface area (Å²) >= 11 is 3.44. The highest BCUT2D eigenvalue weighted by Crippen LogP contribution is 2.42. The van der Waals surface area contributed by atoms with Crippen LogP contribution in [0.25, 0.3) is 5.76 Å². The highest BCUT2D eigenvalue weighted by Gasteiger charge is 2.47. The van der Waals surface area contributed by atoms with Crippen molar-refractivity contribution in [1.29, 1.82) is 0 Å². The summed E-state index contributed by atoms with van der Waals surface area (Å²) in [4.78, 5) is 31.7. The third-order valence-corrected chi connectivity index (χ3v) is 6.12. The van der Waals surface area contributed by atoms with Gasteiger partial charge in [0.25, 0.3) is 11.7 Å². The van der Waals surface area contributed by atoms with E-state index in [0.717, 1.165) is 10.0 Å². The van der Waals surface area contributed by atoms with Gasteiger partial charge in [-0.05, 0) is 54.4 Å². The Labute approximate surface area is 187 Å². The van der Waals surface area contributed by atoms with Gasteiger partial charge >= 0.3 is 0 Å². The number of aryl methyl sites for hydroxylation is 1. The molecule has 0 aliphatic carbocycles. The topological polar surface area (TPSA) is 79.7 Å². The zero-order chi connectivity index (χ0) is 22.1. The van der Waals surface area contributed by atoms with Crippen molar-refractivity contribution < 1.29 is 19.4 Å². The Bertz CT molecular complexity index is 1210. The van der Waals surface area contributed by atoms with Crippen LogP contribution >= 0.6 is 15.9 Å². The van der Waals surface area contributed by atoms with Crippen molar-refractivity contribution in [3.05, 3.63) is 93.7 Å². The Kier molecular flexibility index (Phi) is 5.61. The van der Waals surface area contributed by atoms with E-state index in [1.807, 2.05) is 6.92 Å². The van der Waals surface area contributed by atoms with E-state index in [4.69, 9.17) is 4.74 Å². The number of anilines is 1. The predicted octanol–water partition coefficient (Wildman–Crippen LogP) is 4.79. The molecule has 1 saturated heterocycles. The third-order valence-electron chi connectivity index (χ3n) is 5.23. The molecule has 1 unspecified atom stereocenters. The van der Waals surface area contributed by atoms with Gasteiger partial charge in [0, 0.05) is 34.2 Å². The summed E-state index contributed by atoms with van der Waals surface area (Å²) in [6.45, 7) is 1.88. The lowest BCUT2D eigenvalue weighted by atomic mass is 9.95. The molecule has 1 aliphatic heterocycles. The van der Waals surface area contributed by atoms with E-state index in [1.54, 1.807) is 67.0 Å². The molecule has 0 spiro atoms. The van der Waals surface area contributed by atoms with Crippen LogP contribution in [0.4, 0.5) is 5.69 Å². The number of benzene rings is 2. The van der Waals surface area contributed by atoms with Gasteiger partial charge in [-0.25, -0.2) is 0 Å². The van der Waals surface area contributed by atoms with Gasteiger partial charge < -0.3 is 9.84 Å². The number of ketones is 1.